The summed E-state index contributed by atoms with van der Waals surface area (Å²) in [7, 11) is 0. The molecule has 0 aromatic rings. The molecule has 0 saturated heterocycles. The van der Waals surface area contributed by atoms with Gasteiger partial charge in [0.1, 0.15) is 36.6 Å². The zero-order valence-corrected chi connectivity index (χ0v) is 42.6. The van der Waals surface area contributed by atoms with Gasteiger partial charge in [0, 0.05) is 64.4 Å². The summed E-state index contributed by atoms with van der Waals surface area (Å²) in [6.07, 6.45) is 20.7. The molecule has 0 aliphatic rings. The van der Waals surface area contributed by atoms with E-state index in [0.717, 1.165) is 57.8 Å². The molecule has 0 spiro atoms. The van der Waals surface area contributed by atoms with Crippen molar-refractivity contribution in [2.75, 3.05) is 59.4 Å². The highest BCUT2D eigenvalue weighted by atomic mass is 16.5. The van der Waals surface area contributed by atoms with Gasteiger partial charge in [0.25, 0.3) is 0 Å². The second-order valence-electron chi connectivity index (χ2n) is 18.5. The molecule has 0 aliphatic heterocycles. The normalized spacial score (nSPS) is 12.2. The number of ketones is 4. The summed E-state index contributed by atoms with van der Waals surface area (Å²) in [4.78, 5) is 95.6. The number of Topliss-reactive ketones (excluding diaryl/α,β-unsaturated/α-hetero) is 4. The van der Waals surface area contributed by atoms with Crippen molar-refractivity contribution in [3.8, 4) is 0 Å². The monoisotopic (exact) mass is 974 g/mol. The standard InChI is InChI=1S/C51H90N2O14.H3N.H2/c1-5-51(3,4)46(57)38-42(41(2)54)24-19-18-20-25-44(56)39-66-36-35-65-33-31-52-48(59)40-67-37-34-64-32-23-26-43(55)29-30-45(50(62)63)53-47(58)27-21-16-14-12-10-8-6-7-9-11-13-15-17-22-28-49(60)61;;/h42,45H,5-40H2,1-4H3,(H,52,59)(H,53,58)(H,60,61)(H,62,63);1H3;1H/t42-,45-;;/m1../s1. The van der Waals surface area contributed by atoms with Crippen molar-refractivity contribution < 1.29 is 68.9 Å². The maximum atomic E-state index is 12.5. The van der Waals surface area contributed by atoms with Crippen LogP contribution in [0.15, 0.2) is 0 Å². The maximum Gasteiger partial charge on any atom is 0.326 e. The lowest BCUT2D eigenvalue weighted by Gasteiger charge is -2.23. The number of hydrogen-bond acceptors (Lipinski definition) is 13. The van der Waals surface area contributed by atoms with Crippen molar-refractivity contribution in [1.29, 1.82) is 0 Å². The predicted octanol–water partition coefficient (Wildman–Crippen LogP) is 8.72. The van der Waals surface area contributed by atoms with E-state index < -0.39 is 23.4 Å². The molecule has 0 saturated carbocycles. The van der Waals surface area contributed by atoms with Gasteiger partial charge < -0.3 is 45.9 Å². The summed E-state index contributed by atoms with van der Waals surface area (Å²) in [6, 6.07) is -1.10. The fraction of sp³-hybridized carbons (Fsp3) is 0.843. The molecule has 17 heteroatoms. The summed E-state index contributed by atoms with van der Waals surface area (Å²) in [5, 5.41) is 23.5. The van der Waals surface area contributed by atoms with E-state index >= 15 is 0 Å². The van der Waals surface area contributed by atoms with Crippen LogP contribution in [0.3, 0.4) is 0 Å². The van der Waals surface area contributed by atoms with Gasteiger partial charge >= 0.3 is 11.9 Å². The molecule has 0 bridgehead atoms. The summed E-state index contributed by atoms with van der Waals surface area (Å²) in [5.74, 6) is -2.70. The summed E-state index contributed by atoms with van der Waals surface area (Å²) in [5.41, 5.74) is -0.420. The minimum absolute atomic E-state index is 0. The first-order valence-corrected chi connectivity index (χ1v) is 25.5. The lowest BCUT2D eigenvalue weighted by atomic mass is 9.79. The first-order chi connectivity index (χ1) is 32.1. The molecular weight excluding hydrogens is 879 g/mol. The fourth-order valence-electron chi connectivity index (χ4n) is 7.22. The molecule has 0 aliphatic carbocycles. The molecule has 0 heterocycles. The molecule has 0 rings (SSSR count). The van der Waals surface area contributed by atoms with Crippen molar-refractivity contribution in [3.63, 3.8) is 0 Å². The van der Waals surface area contributed by atoms with E-state index in [1.807, 2.05) is 20.8 Å². The average molecular weight is 974 g/mol. The molecule has 68 heavy (non-hydrogen) atoms. The van der Waals surface area contributed by atoms with Crippen molar-refractivity contribution in [1.82, 2.24) is 16.8 Å². The number of rotatable bonds is 50. The number of carboxylic acid groups (broad SMARTS) is 2. The van der Waals surface area contributed by atoms with E-state index in [4.69, 9.17) is 24.1 Å². The lowest BCUT2D eigenvalue weighted by molar-refractivity contribution is -0.142. The Morgan fingerprint density at radius 3 is 1.56 bits per heavy atom. The van der Waals surface area contributed by atoms with Crippen LogP contribution in [0.1, 0.15) is 202 Å². The highest BCUT2D eigenvalue weighted by molar-refractivity contribution is 5.89. The highest BCUT2D eigenvalue weighted by Crippen LogP contribution is 2.27. The number of nitrogens with one attached hydrogen (secondary N) is 2. The zero-order chi connectivity index (χ0) is 50.0. The van der Waals surface area contributed by atoms with Gasteiger partial charge in [-0.3, -0.25) is 33.6 Å². The Morgan fingerprint density at radius 1 is 0.529 bits per heavy atom. The van der Waals surface area contributed by atoms with Crippen LogP contribution >= 0.6 is 0 Å². The average Bonchev–Trinajstić information content (AvgIpc) is 3.28. The van der Waals surface area contributed by atoms with E-state index in [1.165, 1.54) is 44.9 Å². The minimum atomic E-state index is -1.16. The number of hydrogen-bond donors (Lipinski definition) is 5. The number of aliphatic carboxylic acids is 2. The smallest absolute Gasteiger partial charge is 0.326 e. The van der Waals surface area contributed by atoms with Crippen LogP contribution in [-0.2, 0) is 57.3 Å². The maximum absolute atomic E-state index is 12.5. The lowest BCUT2D eigenvalue weighted by Crippen LogP contribution is -2.41. The Balaban J connectivity index is -0.0000218. The first-order valence-electron chi connectivity index (χ1n) is 25.5. The second-order valence-corrected chi connectivity index (χ2v) is 18.5. The Morgan fingerprint density at radius 2 is 1.01 bits per heavy atom. The third-order valence-corrected chi connectivity index (χ3v) is 12.1. The van der Waals surface area contributed by atoms with Crippen LogP contribution in [0.5, 0.6) is 0 Å². The number of carboxylic acids is 2. The highest BCUT2D eigenvalue weighted by Gasteiger charge is 2.29. The third kappa shape index (κ3) is 41.3. The molecule has 0 unspecified atom stereocenters. The van der Waals surface area contributed by atoms with E-state index in [-0.39, 0.29) is 140 Å². The number of amides is 2. The van der Waals surface area contributed by atoms with Crippen LogP contribution in [0.2, 0.25) is 0 Å². The van der Waals surface area contributed by atoms with Crippen LogP contribution in [-0.4, -0.2) is 123 Å². The van der Waals surface area contributed by atoms with Crippen molar-refractivity contribution in [3.05, 3.63) is 0 Å². The van der Waals surface area contributed by atoms with Crippen LogP contribution in [0, 0.1) is 11.3 Å². The second kappa shape index (κ2) is 44.6. The molecule has 2 atom stereocenters. The summed E-state index contributed by atoms with van der Waals surface area (Å²) in [6.45, 7) is 9.01. The summed E-state index contributed by atoms with van der Waals surface area (Å²) >= 11 is 0. The van der Waals surface area contributed by atoms with E-state index in [0.29, 0.717) is 38.7 Å². The number of ether oxygens (including phenoxy) is 4. The van der Waals surface area contributed by atoms with Gasteiger partial charge in [0.15, 0.2) is 5.78 Å². The van der Waals surface area contributed by atoms with Gasteiger partial charge in [0.2, 0.25) is 11.8 Å². The molecule has 0 fully saturated rings. The molecular formula is C51H95N3O14. The topological polar surface area (TPSA) is 273 Å². The molecule has 0 aromatic carbocycles. The Kier molecular flexibility index (Phi) is 43.5. The van der Waals surface area contributed by atoms with Crippen LogP contribution in [0.4, 0.5) is 0 Å². The minimum Gasteiger partial charge on any atom is -0.481 e. The first kappa shape index (κ1) is 66.4. The molecule has 0 radical (unpaired) electrons. The SMILES string of the molecule is CCC(C)(C)C(=O)C[C@@H](CCCCCC(=O)COCCOCCNC(=O)COCCOCCCC(=O)CC[C@@H](NC(=O)CCCCCCCCCCCCCCCCC(=O)O)C(=O)O)C(C)=O.N.[HH]. The number of carbonyl (C=O) groups is 8. The molecule has 7 N–H and O–H groups in total. The zero-order valence-electron chi connectivity index (χ0n) is 42.6. The van der Waals surface area contributed by atoms with Gasteiger partial charge in [-0.25, -0.2) is 4.79 Å². The number of unbranched alkanes of at least 4 members (excludes halogenated alkanes) is 15. The quantitative estimate of drug-likeness (QED) is 0.0357. The van der Waals surface area contributed by atoms with E-state index in [1.54, 1.807) is 6.92 Å². The largest absolute Gasteiger partial charge is 0.481 e. The Hall–Kier alpha value is -3.64. The van der Waals surface area contributed by atoms with Gasteiger partial charge in [-0.15, -0.1) is 0 Å². The van der Waals surface area contributed by atoms with Gasteiger partial charge in [-0.2, -0.15) is 0 Å². The summed E-state index contributed by atoms with van der Waals surface area (Å²) < 4.78 is 21.6. The number of carbonyl (C=O) groups excluding carboxylic acids is 6. The van der Waals surface area contributed by atoms with Gasteiger partial charge in [-0.1, -0.05) is 111 Å². The van der Waals surface area contributed by atoms with Crippen molar-refractivity contribution in [2.45, 2.75) is 207 Å². The van der Waals surface area contributed by atoms with Crippen molar-refractivity contribution >= 4 is 46.9 Å². The molecule has 398 valence electrons. The van der Waals surface area contributed by atoms with Gasteiger partial charge in [0.05, 0.1) is 33.0 Å². The van der Waals surface area contributed by atoms with E-state index in [2.05, 4.69) is 10.6 Å². The Labute approximate surface area is 409 Å². The molecule has 0 aromatic heterocycles. The fourth-order valence-corrected chi connectivity index (χ4v) is 7.22. The third-order valence-electron chi connectivity index (χ3n) is 12.1. The van der Waals surface area contributed by atoms with E-state index in [9.17, 15) is 43.5 Å². The van der Waals surface area contributed by atoms with Crippen molar-refractivity contribution in [2.24, 2.45) is 11.3 Å². The molecule has 2 amide bonds. The van der Waals surface area contributed by atoms with Gasteiger partial charge in [-0.05, 0) is 51.9 Å². The van der Waals surface area contributed by atoms with Crippen LogP contribution < -0.4 is 16.8 Å². The predicted molar refractivity (Wildman–Crippen MR) is 264 cm³/mol. The molecule has 17 nitrogen and oxygen atoms in total. The van der Waals surface area contributed by atoms with Crippen LogP contribution in [0.25, 0.3) is 0 Å². The Bertz CT molecular complexity index is 1400.